The molecule has 0 spiro atoms. The summed E-state index contributed by atoms with van der Waals surface area (Å²) in [4.78, 5) is 4.24. The van der Waals surface area contributed by atoms with Crippen LogP contribution in [0.25, 0.3) is 0 Å². The molecule has 138 valence electrons. The second kappa shape index (κ2) is 11.4. The molecule has 1 heterocycles. The highest BCUT2D eigenvalue weighted by Crippen LogP contribution is 2.17. The lowest BCUT2D eigenvalue weighted by Gasteiger charge is -2.20. The molecule has 0 aliphatic rings. The molecule has 0 bridgehead atoms. The standard InChI is InChI=1S/C18H24FN3OS.HI/c1-13(15-8-9-24-12-15)10-21-18(20-2)22-11-17(23-3)14-4-6-16(19)7-5-14;/h4-9,12-13,17H,10-11H2,1-3H3,(H2,20,21,22);1H. The summed E-state index contributed by atoms with van der Waals surface area (Å²) in [6.45, 7) is 3.53. The van der Waals surface area contributed by atoms with Crippen LogP contribution in [0.3, 0.4) is 0 Å². The second-order valence-corrected chi connectivity index (χ2v) is 6.35. The second-order valence-electron chi connectivity index (χ2n) is 5.57. The fourth-order valence-electron chi connectivity index (χ4n) is 2.35. The highest BCUT2D eigenvalue weighted by molar-refractivity contribution is 14.0. The number of aliphatic imine (C=N–C) groups is 1. The van der Waals surface area contributed by atoms with E-state index in [2.05, 4.69) is 39.4 Å². The van der Waals surface area contributed by atoms with Gasteiger partial charge in [-0.1, -0.05) is 19.1 Å². The molecule has 4 nitrogen and oxygen atoms in total. The zero-order valence-corrected chi connectivity index (χ0v) is 17.8. The molecule has 0 aliphatic carbocycles. The van der Waals surface area contributed by atoms with E-state index >= 15 is 0 Å². The third-order valence-corrected chi connectivity index (χ3v) is 4.59. The Bertz CT molecular complexity index is 634. The lowest BCUT2D eigenvalue weighted by molar-refractivity contribution is 0.106. The van der Waals surface area contributed by atoms with E-state index in [0.717, 1.165) is 18.1 Å². The zero-order chi connectivity index (χ0) is 17.4. The van der Waals surface area contributed by atoms with Gasteiger partial charge in [0.05, 0.1) is 6.10 Å². The Balaban J connectivity index is 0.00000312. The Morgan fingerprint density at radius 2 is 1.84 bits per heavy atom. The Kier molecular flexibility index (Phi) is 9.99. The molecule has 0 aliphatic heterocycles. The first kappa shape index (κ1) is 21.9. The predicted octanol–water partition coefficient (Wildman–Crippen LogP) is 4.16. The number of benzene rings is 1. The van der Waals surface area contributed by atoms with Gasteiger partial charge in [-0.05, 0) is 46.0 Å². The highest BCUT2D eigenvalue weighted by Gasteiger charge is 2.12. The summed E-state index contributed by atoms with van der Waals surface area (Å²) in [6.07, 6.45) is -0.168. The Morgan fingerprint density at radius 3 is 2.40 bits per heavy atom. The SMILES string of the molecule is CN=C(NCC(C)c1ccsc1)NCC(OC)c1ccc(F)cc1.I. The summed E-state index contributed by atoms with van der Waals surface area (Å²) in [7, 11) is 3.38. The number of nitrogens with zero attached hydrogens (tertiary/aromatic N) is 1. The lowest BCUT2D eigenvalue weighted by Crippen LogP contribution is -2.41. The minimum Gasteiger partial charge on any atom is -0.375 e. The van der Waals surface area contributed by atoms with Crippen LogP contribution in [0.1, 0.15) is 30.1 Å². The van der Waals surface area contributed by atoms with Crippen LogP contribution in [0.2, 0.25) is 0 Å². The molecule has 0 radical (unpaired) electrons. The molecule has 2 atom stereocenters. The van der Waals surface area contributed by atoms with Crippen molar-refractivity contribution in [1.29, 1.82) is 0 Å². The van der Waals surface area contributed by atoms with Crippen molar-refractivity contribution in [3.05, 3.63) is 58.0 Å². The van der Waals surface area contributed by atoms with E-state index in [1.54, 1.807) is 37.6 Å². The third kappa shape index (κ3) is 6.91. The maximum atomic E-state index is 13.0. The molecule has 1 aromatic heterocycles. The van der Waals surface area contributed by atoms with Gasteiger partial charge in [0.1, 0.15) is 5.82 Å². The van der Waals surface area contributed by atoms with Crippen molar-refractivity contribution >= 4 is 41.3 Å². The molecule has 0 saturated heterocycles. The molecular weight excluding hydrogens is 452 g/mol. The normalized spacial score (nSPS) is 13.7. The van der Waals surface area contributed by atoms with Crippen molar-refractivity contribution in [3.8, 4) is 0 Å². The first-order valence-corrected chi connectivity index (χ1v) is 8.83. The summed E-state index contributed by atoms with van der Waals surface area (Å²) in [5.41, 5.74) is 2.25. The van der Waals surface area contributed by atoms with Crippen LogP contribution in [0.5, 0.6) is 0 Å². The van der Waals surface area contributed by atoms with Gasteiger partial charge >= 0.3 is 0 Å². The quantitative estimate of drug-likeness (QED) is 0.358. The fraction of sp³-hybridized carbons (Fsp3) is 0.389. The number of thiophene rings is 1. The molecular formula is C18H25FIN3OS. The average Bonchev–Trinajstić information content (AvgIpc) is 3.14. The van der Waals surface area contributed by atoms with Crippen LogP contribution in [-0.2, 0) is 4.74 Å². The van der Waals surface area contributed by atoms with Gasteiger partial charge in [-0.15, -0.1) is 24.0 Å². The molecule has 0 amide bonds. The van der Waals surface area contributed by atoms with E-state index in [1.807, 2.05) is 0 Å². The number of guanidine groups is 1. The smallest absolute Gasteiger partial charge is 0.191 e. The van der Waals surface area contributed by atoms with Gasteiger partial charge in [0.15, 0.2) is 5.96 Å². The maximum Gasteiger partial charge on any atom is 0.191 e. The van der Waals surface area contributed by atoms with Crippen molar-refractivity contribution < 1.29 is 9.13 Å². The number of ether oxygens (including phenoxy) is 1. The van der Waals surface area contributed by atoms with Crippen LogP contribution in [0.4, 0.5) is 4.39 Å². The van der Waals surface area contributed by atoms with Gasteiger partial charge < -0.3 is 15.4 Å². The lowest BCUT2D eigenvalue weighted by atomic mass is 10.1. The topological polar surface area (TPSA) is 45.7 Å². The molecule has 0 saturated carbocycles. The van der Waals surface area contributed by atoms with Crippen molar-refractivity contribution in [2.45, 2.75) is 18.9 Å². The molecule has 0 fully saturated rings. The van der Waals surface area contributed by atoms with Crippen LogP contribution < -0.4 is 10.6 Å². The Morgan fingerprint density at radius 1 is 1.16 bits per heavy atom. The number of hydrogen-bond acceptors (Lipinski definition) is 3. The van der Waals surface area contributed by atoms with E-state index in [1.165, 1.54) is 17.7 Å². The monoisotopic (exact) mass is 477 g/mol. The molecule has 2 unspecified atom stereocenters. The number of methoxy groups -OCH3 is 1. The Hall–Kier alpha value is -1.19. The molecule has 1 aromatic carbocycles. The van der Waals surface area contributed by atoms with Crippen molar-refractivity contribution in [2.75, 3.05) is 27.2 Å². The molecule has 7 heteroatoms. The summed E-state index contributed by atoms with van der Waals surface area (Å²) < 4.78 is 18.5. The van der Waals surface area contributed by atoms with E-state index in [4.69, 9.17) is 4.74 Å². The van der Waals surface area contributed by atoms with Gasteiger partial charge in [0.25, 0.3) is 0 Å². The summed E-state index contributed by atoms with van der Waals surface area (Å²) >= 11 is 1.71. The van der Waals surface area contributed by atoms with E-state index in [-0.39, 0.29) is 35.9 Å². The first-order chi connectivity index (χ1) is 11.6. The Labute approximate surface area is 169 Å². The first-order valence-electron chi connectivity index (χ1n) is 7.89. The van der Waals surface area contributed by atoms with Crippen molar-refractivity contribution in [3.63, 3.8) is 0 Å². The number of rotatable bonds is 7. The molecule has 25 heavy (non-hydrogen) atoms. The van der Waals surface area contributed by atoms with Gasteiger partial charge in [0, 0.05) is 27.2 Å². The summed E-state index contributed by atoms with van der Waals surface area (Å²) in [5, 5.41) is 10.8. The van der Waals surface area contributed by atoms with Crippen LogP contribution >= 0.6 is 35.3 Å². The molecule has 2 rings (SSSR count). The van der Waals surface area contributed by atoms with Gasteiger partial charge in [-0.3, -0.25) is 4.99 Å². The van der Waals surface area contributed by atoms with Crippen LogP contribution in [-0.4, -0.2) is 33.2 Å². The fourth-order valence-corrected chi connectivity index (χ4v) is 3.13. The van der Waals surface area contributed by atoms with Crippen LogP contribution in [0.15, 0.2) is 46.1 Å². The van der Waals surface area contributed by atoms with Gasteiger partial charge in [0.2, 0.25) is 0 Å². The highest BCUT2D eigenvalue weighted by atomic mass is 127. The van der Waals surface area contributed by atoms with Gasteiger partial charge in [-0.2, -0.15) is 11.3 Å². The minimum atomic E-state index is -0.249. The average molecular weight is 477 g/mol. The third-order valence-electron chi connectivity index (χ3n) is 3.89. The van der Waals surface area contributed by atoms with E-state index < -0.39 is 0 Å². The largest absolute Gasteiger partial charge is 0.375 e. The molecule has 2 N–H and O–H groups in total. The predicted molar refractivity (Wildman–Crippen MR) is 114 cm³/mol. The van der Waals surface area contributed by atoms with Crippen LogP contribution in [0, 0.1) is 5.82 Å². The van der Waals surface area contributed by atoms with Gasteiger partial charge in [-0.25, -0.2) is 4.39 Å². The zero-order valence-electron chi connectivity index (χ0n) is 14.7. The van der Waals surface area contributed by atoms with Crippen molar-refractivity contribution in [1.82, 2.24) is 10.6 Å². The minimum absolute atomic E-state index is 0. The van der Waals surface area contributed by atoms with E-state index in [0.29, 0.717) is 12.5 Å². The van der Waals surface area contributed by atoms with E-state index in [9.17, 15) is 4.39 Å². The number of halogens is 2. The maximum absolute atomic E-state index is 13.0. The molecule has 2 aromatic rings. The number of nitrogens with one attached hydrogen (secondary N) is 2. The van der Waals surface area contributed by atoms with Crippen molar-refractivity contribution in [2.24, 2.45) is 4.99 Å². The summed E-state index contributed by atoms with van der Waals surface area (Å²) in [6, 6.07) is 8.50. The summed E-state index contributed by atoms with van der Waals surface area (Å²) in [5.74, 6) is 0.882. The number of hydrogen-bond donors (Lipinski definition) is 2.